The van der Waals surface area contributed by atoms with Gasteiger partial charge in [0.15, 0.2) is 0 Å². The second kappa shape index (κ2) is 4.67. The predicted octanol–water partition coefficient (Wildman–Crippen LogP) is 3.00. The Bertz CT molecular complexity index is 490. The van der Waals surface area contributed by atoms with Crippen molar-refractivity contribution in [1.29, 1.82) is 0 Å². The third-order valence-corrected chi connectivity index (χ3v) is 2.47. The Morgan fingerprint density at radius 1 is 1.28 bits per heavy atom. The first-order chi connectivity index (χ1) is 8.47. The Kier molecular flexibility index (Phi) is 3.22. The van der Waals surface area contributed by atoms with Crippen molar-refractivity contribution < 1.29 is 13.2 Å². The van der Waals surface area contributed by atoms with Gasteiger partial charge in [-0.25, -0.2) is 4.98 Å². The van der Waals surface area contributed by atoms with Crippen molar-refractivity contribution in [2.24, 2.45) is 0 Å². The molecule has 2 N–H and O–H groups in total. The van der Waals surface area contributed by atoms with Gasteiger partial charge in [-0.15, -0.1) is 0 Å². The van der Waals surface area contributed by atoms with E-state index in [1.807, 2.05) is 6.92 Å². The second-order valence-corrected chi connectivity index (χ2v) is 3.83. The van der Waals surface area contributed by atoms with Crippen LogP contribution in [0.3, 0.4) is 0 Å². The Hall–Kier alpha value is -2.05. The number of alkyl halides is 3. The lowest BCUT2D eigenvalue weighted by molar-refractivity contribution is -0.137. The van der Waals surface area contributed by atoms with Gasteiger partial charge in [-0.05, 0) is 19.1 Å². The van der Waals surface area contributed by atoms with Gasteiger partial charge in [0, 0.05) is 18.0 Å². The quantitative estimate of drug-likeness (QED) is 0.887. The number of hydrogen-bond donors (Lipinski definition) is 2. The van der Waals surface area contributed by atoms with E-state index in [1.54, 1.807) is 12.4 Å². The van der Waals surface area contributed by atoms with E-state index in [0.717, 1.165) is 17.8 Å². The number of anilines is 1. The van der Waals surface area contributed by atoms with Gasteiger partial charge in [-0.3, -0.25) is 5.10 Å². The van der Waals surface area contributed by atoms with Crippen LogP contribution in [0.1, 0.15) is 24.1 Å². The van der Waals surface area contributed by atoms with E-state index in [-0.39, 0.29) is 6.04 Å². The predicted molar refractivity (Wildman–Crippen MR) is 59.9 cm³/mol. The van der Waals surface area contributed by atoms with Crippen molar-refractivity contribution in [2.75, 3.05) is 5.32 Å². The number of hydrogen-bond acceptors (Lipinski definition) is 3. The number of rotatable bonds is 3. The van der Waals surface area contributed by atoms with E-state index in [1.165, 1.54) is 6.07 Å². The highest BCUT2D eigenvalue weighted by molar-refractivity contribution is 5.38. The number of pyridine rings is 1. The second-order valence-electron chi connectivity index (χ2n) is 3.83. The van der Waals surface area contributed by atoms with Crippen LogP contribution in [0.4, 0.5) is 19.0 Å². The zero-order chi connectivity index (χ0) is 13.2. The molecule has 0 amide bonds. The number of halogens is 3. The Labute approximate surface area is 101 Å². The third-order valence-electron chi connectivity index (χ3n) is 2.47. The van der Waals surface area contributed by atoms with Crippen LogP contribution in [-0.2, 0) is 6.18 Å². The Morgan fingerprint density at radius 2 is 2.06 bits per heavy atom. The number of H-pyrrole nitrogens is 1. The minimum Gasteiger partial charge on any atom is -0.363 e. The van der Waals surface area contributed by atoms with Gasteiger partial charge in [0.2, 0.25) is 0 Å². The van der Waals surface area contributed by atoms with E-state index in [0.29, 0.717) is 5.82 Å². The summed E-state index contributed by atoms with van der Waals surface area (Å²) in [5.74, 6) is 0.386. The first kappa shape index (κ1) is 12.4. The minimum atomic E-state index is -4.36. The summed E-state index contributed by atoms with van der Waals surface area (Å²) in [7, 11) is 0. The molecule has 0 saturated heterocycles. The summed E-state index contributed by atoms with van der Waals surface area (Å²) in [4.78, 5) is 3.73. The highest BCUT2D eigenvalue weighted by atomic mass is 19.4. The molecule has 2 heterocycles. The van der Waals surface area contributed by atoms with Crippen molar-refractivity contribution in [3.8, 4) is 0 Å². The van der Waals surface area contributed by atoms with Crippen LogP contribution >= 0.6 is 0 Å². The molecule has 2 rings (SSSR count). The van der Waals surface area contributed by atoms with E-state index < -0.39 is 11.7 Å². The maximum absolute atomic E-state index is 12.3. The molecule has 0 fully saturated rings. The standard InChI is InChI=1S/C11H11F3N4/c1-7(8-4-16-17-5-8)18-10-3-2-9(6-15-10)11(12,13)14/h2-7H,1H3,(H,15,18)(H,16,17). The zero-order valence-corrected chi connectivity index (χ0v) is 9.49. The molecule has 1 atom stereocenters. The Balaban J connectivity index is 2.07. The number of aromatic amines is 1. The van der Waals surface area contributed by atoms with Gasteiger partial charge in [0.1, 0.15) is 5.82 Å². The molecule has 0 aromatic carbocycles. The van der Waals surface area contributed by atoms with E-state index in [4.69, 9.17) is 0 Å². The van der Waals surface area contributed by atoms with E-state index >= 15 is 0 Å². The highest BCUT2D eigenvalue weighted by Crippen LogP contribution is 2.29. The molecule has 18 heavy (non-hydrogen) atoms. The molecular weight excluding hydrogens is 245 g/mol. The largest absolute Gasteiger partial charge is 0.417 e. The number of nitrogens with zero attached hydrogens (tertiary/aromatic N) is 2. The van der Waals surface area contributed by atoms with Crippen LogP contribution < -0.4 is 5.32 Å². The number of aromatic nitrogens is 3. The average molecular weight is 256 g/mol. The summed E-state index contributed by atoms with van der Waals surface area (Å²) < 4.78 is 37.0. The molecule has 0 aliphatic heterocycles. The fourth-order valence-corrected chi connectivity index (χ4v) is 1.45. The molecule has 2 aromatic rings. The molecule has 4 nitrogen and oxygen atoms in total. The summed E-state index contributed by atoms with van der Waals surface area (Å²) in [5.41, 5.74) is 0.140. The fraction of sp³-hybridized carbons (Fsp3) is 0.273. The Morgan fingerprint density at radius 3 is 2.56 bits per heavy atom. The molecule has 0 spiro atoms. The third kappa shape index (κ3) is 2.79. The van der Waals surface area contributed by atoms with Crippen molar-refractivity contribution in [3.63, 3.8) is 0 Å². The highest BCUT2D eigenvalue weighted by Gasteiger charge is 2.30. The van der Waals surface area contributed by atoms with Crippen LogP contribution in [0.25, 0.3) is 0 Å². The van der Waals surface area contributed by atoms with Crippen molar-refractivity contribution >= 4 is 5.82 Å². The maximum Gasteiger partial charge on any atom is 0.417 e. The summed E-state index contributed by atoms with van der Waals surface area (Å²) in [6, 6.07) is 2.21. The minimum absolute atomic E-state index is 0.0898. The summed E-state index contributed by atoms with van der Waals surface area (Å²) in [5, 5.41) is 9.45. The molecule has 0 aliphatic rings. The van der Waals surface area contributed by atoms with Crippen LogP contribution in [0, 0.1) is 0 Å². The van der Waals surface area contributed by atoms with E-state index in [9.17, 15) is 13.2 Å². The lowest BCUT2D eigenvalue weighted by Gasteiger charge is -2.13. The normalized spacial score (nSPS) is 13.3. The van der Waals surface area contributed by atoms with E-state index in [2.05, 4.69) is 20.5 Å². The van der Waals surface area contributed by atoms with Crippen LogP contribution in [0.5, 0.6) is 0 Å². The molecule has 0 aliphatic carbocycles. The smallest absolute Gasteiger partial charge is 0.363 e. The van der Waals surface area contributed by atoms with Crippen molar-refractivity contribution in [3.05, 3.63) is 41.9 Å². The molecule has 0 saturated carbocycles. The summed E-state index contributed by atoms with van der Waals surface area (Å²) in [6.45, 7) is 1.87. The summed E-state index contributed by atoms with van der Waals surface area (Å²) >= 11 is 0. The lowest BCUT2D eigenvalue weighted by Crippen LogP contribution is -2.09. The molecule has 96 valence electrons. The van der Waals surface area contributed by atoms with Gasteiger partial charge in [0.05, 0.1) is 17.8 Å². The molecule has 1 unspecified atom stereocenters. The van der Waals surface area contributed by atoms with Crippen molar-refractivity contribution in [2.45, 2.75) is 19.1 Å². The first-order valence-corrected chi connectivity index (χ1v) is 5.25. The van der Waals surface area contributed by atoms with Crippen LogP contribution in [0.15, 0.2) is 30.7 Å². The van der Waals surface area contributed by atoms with Crippen molar-refractivity contribution in [1.82, 2.24) is 15.2 Å². The topological polar surface area (TPSA) is 53.6 Å². The van der Waals surface area contributed by atoms with Gasteiger partial charge >= 0.3 is 6.18 Å². The molecule has 0 bridgehead atoms. The first-order valence-electron chi connectivity index (χ1n) is 5.25. The fourth-order valence-electron chi connectivity index (χ4n) is 1.45. The van der Waals surface area contributed by atoms with Gasteiger partial charge in [-0.2, -0.15) is 18.3 Å². The zero-order valence-electron chi connectivity index (χ0n) is 9.49. The molecule has 7 heteroatoms. The maximum atomic E-state index is 12.3. The van der Waals surface area contributed by atoms with Crippen LogP contribution in [0.2, 0.25) is 0 Å². The SMILES string of the molecule is CC(Nc1ccc(C(F)(F)F)cn1)c1cn[nH]c1. The number of nitrogens with one attached hydrogen (secondary N) is 2. The average Bonchev–Trinajstić information content (AvgIpc) is 2.82. The summed E-state index contributed by atoms with van der Waals surface area (Å²) in [6.07, 6.45) is -0.199. The molecule has 2 aromatic heterocycles. The van der Waals surface area contributed by atoms with Gasteiger partial charge in [0.25, 0.3) is 0 Å². The van der Waals surface area contributed by atoms with Gasteiger partial charge < -0.3 is 5.32 Å². The van der Waals surface area contributed by atoms with Gasteiger partial charge in [-0.1, -0.05) is 0 Å². The monoisotopic (exact) mass is 256 g/mol. The molecule has 0 radical (unpaired) electrons. The lowest BCUT2D eigenvalue weighted by atomic mass is 10.2. The van der Waals surface area contributed by atoms with Crippen LogP contribution in [-0.4, -0.2) is 15.2 Å². The molecular formula is C11H11F3N4.